The normalized spacial score (nSPS) is 10.4. The highest BCUT2D eigenvalue weighted by molar-refractivity contribution is 7.98. The third kappa shape index (κ3) is 3.15. The van der Waals surface area contributed by atoms with Gasteiger partial charge in [-0.2, -0.15) is 0 Å². The van der Waals surface area contributed by atoms with Crippen LogP contribution in [0.3, 0.4) is 0 Å². The van der Waals surface area contributed by atoms with Crippen molar-refractivity contribution >= 4 is 34.1 Å². The Morgan fingerprint density at radius 3 is 2.73 bits per heavy atom. The van der Waals surface area contributed by atoms with Crippen molar-refractivity contribution in [2.24, 2.45) is 0 Å². The number of aromatic nitrogens is 3. The molecule has 3 aromatic rings. The number of carbonyl (C=O) groups is 1. The van der Waals surface area contributed by atoms with Crippen molar-refractivity contribution < 1.29 is 4.79 Å². The molecule has 1 aromatic carbocycles. The number of amides is 1. The van der Waals surface area contributed by atoms with E-state index in [1.54, 1.807) is 18.3 Å². The lowest BCUT2D eigenvalue weighted by molar-refractivity contribution is 0.102. The maximum atomic E-state index is 12.3. The minimum atomic E-state index is -0.229. The Kier molecular flexibility index (Phi) is 4.45. The summed E-state index contributed by atoms with van der Waals surface area (Å²) in [4.78, 5) is 16.5. The average molecular weight is 328 g/mol. The van der Waals surface area contributed by atoms with Crippen LogP contribution in [0.5, 0.6) is 0 Å². The maximum absolute atomic E-state index is 12.3. The van der Waals surface area contributed by atoms with Gasteiger partial charge in [0.2, 0.25) is 5.13 Å². The molecule has 2 heterocycles. The molecule has 0 unspecified atom stereocenters. The standard InChI is InChI=1S/C15H12N4OS2/c1-21-14-11(8-5-9-16-14)12(20)17-15-19-18-13(22-15)10-6-3-2-4-7-10/h2-9H,1H3,(H,17,19,20). The lowest BCUT2D eigenvalue weighted by atomic mass is 10.2. The third-order valence-electron chi connectivity index (χ3n) is 2.88. The smallest absolute Gasteiger partial charge is 0.260 e. The zero-order chi connectivity index (χ0) is 15.4. The number of anilines is 1. The number of nitrogens with one attached hydrogen (secondary N) is 1. The highest BCUT2D eigenvalue weighted by Gasteiger charge is 2.14. The van der Waals surface area contributed by atoms with Gasteiger partial charge >= 0.3 is 0 Å². The molecular weight excluding hydrogens is 316 g/mol. The average Bonchev–Trinajstić information content (AvgIpc) is 3.04. The molecule has 0 aliphatic rings. The minimum Gasteiger partial charge on any atom is -0.296 e. The molecular formula is C15H12N4OS2. The fourth-order valence-corrected chi connectivity index (χ4v) is 3.15. The van der Waals surface area contributed by atoms with Crippen LogP contribution in [0, 0.1) is 0 Å². The van der Waals surface area contributed by atoms with E-state index in [0.717, 1.165) is 10.6 Å². The van der Waals surface area contributed by atoms with Crippen LogP contribution in [0.1, 0.15) is 10.4 Å². The summed E-state index contributed by atoms with van der Waals surface area (Å²) in [6, 6.07) is 13.2. The van der Waals surface area contributed by atoms with E-state index in [4.69, 9.17) is 0 Å². The number of carbonyl (C=O) groups excluding carboxylic acids is 1. The number of thioether (sulfide) groups is 1. The molecule has 0 fully saturated rings. The van der Waals surface area contributed by atoms with Crippen LogP contribution in [0.15, 0.2) is 53.7 Å². The van der Waals surface area contributed by atoms with Crippen molar-refractivity contribution in [2.75, 3.05) is 11.6 Å². The molecule has 0 saturated heterocycles. The van der Waals surface area contributed by atoms with Crippen molar-refractivity contribution in [3.8, 4) is 10.6 Å². The molecule has 0 aliphatic carbocycles. The van der Waals surface area contributed by atoms with Gasteiger partial charge in [0.15, 0.2) is 0 Å². The second-order valence-corrected chi connectivity index (χ2v) is 6.07. The molecule has 0 aliphatic heterocycles. The van der Waals surface area contributed by atoms with E-state index in [9.17, 15) is 4.79 Å². The van der Waals surface area contributed by atoms with E-state index in [2.05, 4.69) is 20.5 Å². The first kappa shape index (κ1) is 14.7. The third-order valence-corrected chi connectivity index (χ3v) is 4.48. The van der Waals surface area contributed by atoms with E-state index in [1.165, 1.54) is 23.1 Å². The predicted octanol–water partition coefficient (Wildman–Crippen LogP) is 3.57. The predicted molar refractivity (Wildman–Crippen MR) is 89.3 cm³/mol. The SMILES string of the molecule is CSc1ncccc1C(=O)Nc1nnc(-c2ccccc2)s1. The summed E-state index contributed by atoms with van der Waals surface area (Å²) >= 11 is 2.77. The lowest BCUT2D eigenvalue weighted by Gasteiger charge is -2.04. The fraction of sp³-hybridized carbons (Fsp3) is 0.0667. The largest absolute Gasteiger partial charge is 0.296 e. The van der Waals surface area contributed by atoms with Crippen molar-refractivity contribution in [1.29, 1.82) is 0 Å². The monoisotopic (exact) mass is 328 g/mol. The van der Waals surface area contributed by atoms with Crippen LogP contribution in [0.2, 0.25) is 0 Å². The minimum absolute atomic E-state index is 0.229. The van der Waals surface area contributed by atoms with Gasteiger partial charge in [-0.1, -0.05) is 41.7 Å². The van der Waals surface area contributed by atoms with Gasteiger partial charge < -0.3 is 0 Å². The molecule has 5 nitrogen and oxygen atoms in total. The van der Waals surface area contributed by atoms with E-state index in [0.29, 0.717) is 15.7 Å². The van der Waals surface area contributed by atoms with Crippen LogP contribution in [-0.4, -0.2) is 27.3 Å². The van der Waals surface area contributed by atoms with Crippen molar-refractivity contribution in [1.82, 2.24) is 15.2 Å². The number of rotatable bonds is 4. The summed E-state index contributed by atoms with van der Waals surface area (Å²) in [5.41, 5.74) is 1.51. The summed E-state index contributed by atoms with van der Waals surface area (Å²) in [5.74, 6) is -0.229. The first-order valence-corrected chi connectivity index (χ1v) is 8.51. The first-order valence-electron chi connectivity index (χ1n) is 6.47. The molecule has 0 saturated carbocycles. The Morgan fingerprint density at radius 2 is 1.95 bits per heavy atom. The zero-order valence-corrected chi connectivity index (χ0v) is 13.3. The number of hydrogen-bond acceptors (Lipinski definition) is 6. The number of hydrogen-bond donors (Lipinski definition) is 1. The lowest BCUT2D eigenvalue weighted by Crippen LogP contribution is -2.13. The van der Waals surface area contributed by atoms with Gasteiger partial charge in [0.1, 0.15) is 10.0 Å². The van der Waals surface area contributed by atoms with E-state index >= 15 is 0 Å². The second-order valence-electron chi connectivity index (χ2n) is 4.29. The topological polar surface area (TPSA) is 67.8 Å². The zero-order valence-electron chi connectivity index (χ0n) is 11.7. The van der Waals surface area contributed by atoms with E-state index in [1.807, 2.05) is 36.6 Å². The maximum Gasteiger partial charge on any atom is 0.260 e. The highest BCUT2D eigenvalue weighted by atomic mass is 32.2. The summed E-state index contributed by atoms with van der Waals surface area (Å²) in [6.07, 6.45) is 3.55. The molecule has 1 N–H and O–H groups in total. The molecule has 3 rings (SSSR count). The van der Waals surface area contributed by atoms with Crippen LogP contribution >= 0.6 is 23.1 Å². The summed E-state index contributed by atoms with van der Waals surface area (Å²) < 4.78 is 0. The Morgan fingerprint density at radius 1 is 1.14 bits per heavy atom. The van der Waals surface area contributed by atoms with Crippen molar-refractivity contribution in [3.05, 3.63) is 54.2 Å². The van der Waals surface area contributed by atoms with E-state index < -0.39 is 0 Å². The first-order chi connectivity index (χ1) is 10.8. The molecule has 22 heavy (non-hydrogen) atoms. The van der Waals surface area contributed by atoms with E-state index in [-0.39, 0.29) is 5.91 Å². The Balaban J connectivity index is 1.79. The van der Waals surface area contributed by atoms with Crippen LogP contribution in [0.25, 0.3) is 10.6 Å². The van der Waals surface area contributed by atoms with Gasteiger partial charge in [-0.25, -0.2) is 4.98 Å². The van der Waals surface area contributed by atoms with Gasteiger partial charge in [0.05, 0.1) is 5.56 Å². The quantitative estimate of drug-likeness (QED) is 0.742. The highest BCUT2D eigenvalue weighted by Crippen LogP contribution is 2.26. The Labute approximate surface area is 135 Å². The summed E-state index contributed by atoms with van der Waals surface area (Å²) in [6.45, 7) is 0. The molecule has 0 spiro atoms. The van der Waals surface area contributed by atoms with Crippen LogP contribution < -0.4 is 5.32 Å². The van der Waals surface area contributed by atoms with Gasteiger partial charge in [-0.3, -0.25) is 10.1 Å². The number of pyridine rings is 1. The Bertz CT molecular complexity index is 789. The molecule has 1 amide bonds. The van der Waals surface area contributed by atoms with Crippen molar-refractivity contribution in [2.45, 2.75) is 5.03 Å². The summed E-state index contributed by atoms with van der Waals surface area (Å²) in [5, 5.41) is 12.8. The molecule has 110 valence electrons. The molecule has 0 radical (unpaired) electrons. The van der Waals surface area contributed by atoms with Crippen LogP contribution in [0.4, 0.5) is 5.13 Å². The van der Waals surface area contributed by atoms with Crippen LogP contribution in [-0.2, 0) is 0 Å². The van der Waals surface area contributed by atoms with Gasteiger partial charge in [-0.15, -0.1) is 22.0 Å². The molecule has 0 bridgehead atoms. The molecule has 7 heteroatoms. The van der Waals surface area contributed by atoms with Gasteiger partial charge in [0.25, 0.3) is 5.91 Å². The molecule has 0 atom stereocenters. The summed E-state index contributed by atoms with van der Waals surface area (Å²) in [7, 11) is 0. The molecule has 2 aromatic heterocycles. The second kappa shape index (κ2) is 6.67. The van der Waals surface area contributed by atoms with Crippen molar-refractivity contribution in [3.63, 3.8) is 0 Å². The Hall–Kier alpha value is -2.25. The van der Waals surface area contributed by atoms with Gasteiger partial charge in [0, 0.05) is 11.8 Å². The number of nitrogens with zero attached hydrogens (tertiary/aromatic N) is 3. The fourth-order valence-electron chi connectivity index (χ4n) is 1.86. The number of benzene rings is 1. The van der Waals surface area contributed by atoms with Gasteiger partial charge in [-0.05, 0) is 18.4 Å².